The molecule has 136 valence electrons. The Bertz CT molecular complexity index is 874. The summed E-state index contributed by atoms with van der Waals surface area (Å²) in [6.45, 7) is 7.10. The van der Waals surface area contributed by atoms with Crippen molar-refractivity contribution >= 4 is 17.3 Å². The topological polar surface area (TPSA) is 86.5 Å². The zero-order valence-electron chi connectivity index (χ0n) is 15.3. The summed E-state index contributed by atoms with van der Waals surface area (Å²) in [6.07, 6.45) is 2.19. The highest BCUT2D eigenvalue weighted by Gasteiger charge is 2.26. The van der Waals surface area contributed by atoms with Crippen LogP contribution >= 0.6 is 0 Å². The van der Waals surface area contributed by atoms with E-state index in [2.05, 4.69) is 0 Å². The molecule has 1 aliphatic carbocycles. The molecule has 0 N–H and O–H groups in total. The first-order chi connectivity index (χ1) is 12.2. The fraction of sp³-hybridized carbons (Fsp3) is 0.300. The van der Waals surface area contributed by atoms with Crippen molar-refractivity contribution in [3.8, 4) is 5.75 Å². The predicted octanol–water partition coefficient (Wildman–Crippen LogP) is 4.11. The molecular formula is C20H21NO5. The SMILES string of the molecule is CC(=CCC1=C(C)C(=O)C(C)=C(C)C1=O)COc1cccc([N+](=O)[O-])c1. The minimum absolute atomic E-state index is 0.0335. The van der Waals surface area contributed by atoms with Gasteiger partial charge in [-0.05, 0) is 45.8 Å². The second kappa shape index (κ2) is 7.91. The molecule has 0 aromatic heterocycles. The van der Waals surface area contributed by atoms with E-state index in [1.807, 2.05) is 13.0 Å². The molecule has 2 rings (SSSR count). The molecule has 0 saturated carbocycles. The van der Waals surface area contributed by atoms with E-state index in [9.17, 15) is 19.7 Å². The molecule has 1 aromatic carbocycles. The number of allylic oxidation sites excluding steroid dienone is 5. The fourth-order valence-corrected chi connectivity index (χ4v) is 2.62. The van der Waals surface area contributed by atoms with Crippen molar-refractivity contribution in [3.63, 3.8) is 0 Å². The molecule has 0 saturated heterocycles. The molecule has 0 unspecified atom stereocenters. The number of Topliss-reactive ketones (excluding diaryl/α,β-unsaturated/α-hetero) is 2. The largest absolute Gasteiger partial charge is 0.489 e. The monoisotopic (exact) mass is 355 g/mol. The number of ketones is 2. The first kappa shape index (κ1) is 19.3. The second-order valence-corrected chi connectivity index (χ2v) is 6.31. The number of nitro benzene ring substituents is 1. The van der Waals surface area contributed by atoms with Crippen molar-refractivity contribution < 1.29 is 19.2 Å². The molecule has 0 amide bonds. The van der Waals surface area contributed by atoms with Crippen LogP contribution in [-0.2, 0) is 9.59 Å². The van der Waals surface area contributed by atoms with E-state index >= 15 is 0 Å². The smallest absolute Gasteiger partial charge is 0.273 e. The Morgan fingerprint density at radius 3 is 2.42 bits per heavy atom. The summed E-state index contributed by atoms with van der Waals surface area (Å²) in [5.41, 5.74) is 2.82. The number of benzene rings is 1. The number of carbonyl (C=O) groups is 2. The van der Waals surface area contributed by atoms with Crippen LogP contribution in [0.5, 0.6) is 5.75 Å². The Hall–Kier alpha value is -3.02. The first-order valence-corrected chi connectivity index (χ1v) is 8.22. The van der Waals surface area contributed by atoms with Gasteiger partial charge >= 0.3 is 0 Å². The van der Waals surface area contributed by atoms with Crippen LogP contribution in [0, 0.1) is 10.1 Å². The number of non-ortho nitro benzene ring substituents is 1. The number of nitro groups is 1. The normalized spacial score (nSPS) is 15.6. The van der Waals surface area contributed by atoms with Crippen molar-refractivity contribution in [3.05, 3.63) is 68.3 Å². The molecule has 0 bridgehead atoms. The molecule has 0 spiro atoms. The van der Waals surface area contributed by atoms with Gasteiger partial charge in [-0.2, -0.15) is 0 Å². The van der Waals surface area contributed by atoms with E-state index in [1.165, 1.54) is 12.1 Å². The Morgan fingerprint density at radius 2 is 1.77 bits per heavy atom. The number of carbonyl (C=O) groups excluding carboxylic acids is 2. The number of hydrogen-bond donors (Lipinski definition) is 0. The molecule has 0 aliphatic heterocycles. The van der Waals surface area contributed by atoms with Gasteiger partial charge in [-0.1, -0.05) is 12.1 Å². The third-order valence-electron chi connectivity index (χ3n) is 4.46. The molecule has 26 heavy (non-hydrogen) atoms. The highest BCUT2D eigenvalue weighted by molar-refractivity contribution is 6.24. The molecule has 1 aliphatic rings. The van der Waals surface area contributed by atoms with E-state index in [0.29, 0.717) is 34.5 Å². The van der Waals surface area contributed by atoms with Gasteiger partial charge in [-0.25, -0.2) is 0 Å². The van der Waals surface area contributed by atoms with E-state index < -0.39 is 4.92 Å². The quantitative estimate of drug-likeness (QED) is 0.332. The van der Waals surface area contributed by atoms with Crippen molar-refractivity contribution in [2.75, 3.05) is 6.61 Å². The maximum absolute atomic E-state index is 12.4. The van der Waals surface area contributed by atoms with Gasteiger partial charge in [0.2, 0.25) is 0 Å². The Morgan fingerprint density at radius 1 is 1.12 bits per heavy atom. The van der Waals surface area contributed by atoms with Crippen LogP contribution < -0.4 is 4.74 Å². The van der Waals surface area contributed by atoms with Gasteiger partial charge in [0, 0.05) is 28.4 Å². The standard InChI is InChI=1S/C20H21NO5/c1-12(11-26-17-7-5-6-16(10-17)21(24)25)8-9-18-15(4)19(22)13(2)14(3)20(18)23/h5-8,10H,9,11H2,1-4H3. The minimum Gasteiger partial charge on any atom is -0.489 e. The summed E-state index contributed by atoms with van der Waals surface area (Å²) in [7, 11) is 0. The molecule has 0 fully saturated rings. The Labute approximate surface area is 152 Å². The second-order valence-electron chi connectivity index (χ2n) is 6.31. The molecular weight excluding hydrogens is 334 g/mol. The average Bonchev–Trinajstić information content (AvgIpc) is 2.63. The number of hydrogen-bond acceptors (Lipinski definition) is 5. The maximum Gasteiger partial charge on any atom is 0.273 e. The lowest BCUT2D eigenvalue weighted by Gasteiger charge is -2.17. The van der Waals surface area contributed by atoms with Crippen LogP contribution in [0.3, 0.4) is 0 Å². The van der Waals surface area contributed by atoms with Crippen molar-refractivity contribution in [2.45, 2.75) is 34.1 Å². The van der Waals surface area contributed by atoms with Crippen molar-refractivity contribution in [2.24, 2.45) is 0 Å². The van der Waals surface area contributed by atoms with E-state index in [-0.39, 0.29) is 23.9 Å². The molecule has 0 radical (unpaired) electrons. The van der Waals surface area contributed by atoms with Gasteiger partial charge in [0.05, 0.1) is 11.0 Å². The molecule has 0 atom stereocenters. The van der Waals surface area contributed by atoms with Crippen LogP contribution in [0.15, 0.2) is 58.2 Å². The number of ether oxygens (including phenoxy) is 1. The van der Waals surface area contributed by atoms with Gasteiger partial charge in [0.15, 0.2) is 11.6 Å². The fourth-order valence-electron chi connectivity index (χ4n) is 2.62. The molecule has 0 heterocycles. The highest BCUT2D eigenvalue weighted by atomic mass is 16.6. The summed E-state index contributed by atoms with van der Waals surface area (Å²) in [6, 6.07) is 5.96. The van der Waals surface area contributed by atoms with Crippen LogP contribution in [0.1, 0.15) is 34.1 Å². The van der Waals surface area contributed by atoms with E-state index in [0.717, 1.165) is 5.57 Å². The lowest BCUT2D eigenvalue weighted by atomic mass is 9.84. The summed E-state index contributed by atoms with van der Waals surface area (Å²) in [5.74, 6) is 0.222. The molecule has 6 heteroatoms. The Balaban J connectivity index is 2.05. The van der Waals surface area contributed by atoms with Gasteiger partial charge in [0.25, 0.3) is 5.69 Å². The summed E-state index contributed by atoms with van der Waals surface area (Å²) < 4.78 is 5.56. The zero-order chi connectivity index (χ0) is 19.4. The van der Waals surface area contributed by atoms with Gasteiger partial charge < -0.3 is 4.74 Å². The zero-order valence-corrected chi connectivity index (χ0v) is 15.3. The van der Waals surface area contributed by atoms with Crippen LogP contribution in [0.25, 0.3) is 0 Å². The van der Waals surface area contributed by atoms with Crippen molar-refractivity contribution in [1.82, 2.24) is 0 Å². The minimum atomic E-state index is -0.478. The maximum atomic E-state index is 12.4. The van der Waals surface area contributed by atoms with Crippen LogP contribution in [-0.4, -0.2) is 23.1 Å². The summed E-state index contributed by atoms with van der Waals surface area (Å²) in [4.78, 5) is 34.9. The predicted molar refractivity (Wildman–Crippen MR) is 98.1 cm³/mol. The number of nitrogens with zero attached hydrogens (tertiary/aromatic N) is 1. The van der Waals surface area contributed by atoms with E-state index in [4.69, 9.17) is 4.74 Å². The van der Waals surface area contributed by atoms with Gasteiger partial charge in [-0.3, -0.25) is 19.7 Å². The van der Waals surface area contributed by atoms with Crippen LogP contribution in [0.2, 0.25) is 0 Å². The summed E-state index contributed by atoms with van der Waals surface area (Å²) >= 11 is 0. The summed E-state index contributed by atoms with van der Waals surface area (Å²) in [5, 5.41) is 10.8. The van der Waals surface area contributed by atoms with Crippen molar-refractivity contribution in [1.29, 1.82) is 0 Å². The van der Waals surface area contributed by atoms with Gasteiger partial charge in [-0.15, -0.1) is 0 Å². The Kier molecular flexibility index (Phi) is 5.87. The van der Waals surface area contributed by atoms with Gasteiger partial charge in [0.1, 0.15) is 12.4 Å². The van der Waals surface area contributed by atoms with Crippen LogP contribution in [0.4, 0.5) is 5.69 Å². The molecule has 6 nitrogen and oxygen atoms in total. The first-order valence-electron chi connectivity index (χ1n) is 8.22. The lowest BCUT2D eigenvalue weighted by molar-refractivity contribution is -0.384. The third-order valence-corrected chi connectivity index (χ3v) is 4.46. The molecule has 1 aromatic rings. The number of rotatable bonds is 6. The lowest BCUT2D eigenvalue weighted by Crippen LogP contribution is -2.20. The third kappa shape index (κ3) is 4.14. The van der Waals surface area contributed by atoms with E-state index in [1.54, 1.807) is 32.9 Å². The average molecular weight is 355 g/mol. The highest BCUT2D eigenvalue weighted by Crippen LogP contribution is 2.27.